The second-order valence-corrected chi connectivity index (χ2v) is 9.21. The minimum absolute atomic E-state index is 0.0367. The van der Waals surface area contributed by atoms with E-state index in [0.717, 1.165) is 16.7 Å². The fourth-order valence-corrected chi connectivity index (χ4v) is 4.95. The van der Waals surface area contributed by atoms with Crippen LogP contribution in [0.1, 0.15) is 23.6 Å². The van der Waals surface area contributed by atoms with E-state index in [9.17, 15) is 8.42 Å². The third kappa shape index (κ3) is 3.78. The van der Waals surface area contributed by atoms with Gasteiger partial charge in [-0.15, -0.1) is 0 Å². The molecule has 1 unspecified atom stereocenters. The van der Waals surface area contributed by atoms with Crippen LogP contribution in [0.25, 0.3) is 0 Å². The fraction of sp³-hybridized carbons (Fsp3) is 0.227. The van der Waals surface area contributed by atoms with Crippen LogP contribution in [0.5, 0.6) is 0 Å². The summed E-state index contributed by atoms with van der Waals surface area (Å²) in [5.74, 6) is 0.0367. The summed E-state index contributed by atoms with van der Waals surface area (Å²) in [6.07, 6.45) is 6.19. The predicted octanol–water partition coefficient (Wildman–Crippen LogP) is 3.22. The minimum Gasteiger partial charge on any atom is -0.326 e. The number of hydrogen-bond donors (Lipinski definition) is 1. The van der Waals surface area contributed by atoms with Crippen molar-refractivity contribution in [1.29, 1.82) is 5.26 Å². The van der Waals surface area contributed by atoms with Crippen molar-refractivity contribution in [3.05, 3.63) is 89.1 Å². The summed E-state index contributed by atoms with van der Waals surface area (Å²) < 4.78 is 26.0. The van der Waals surface area contributed by atoms with E-state index in [1.165, 1.54) is 0 Å². The summed E-state index contributed by atoms with van der Waals surface area (Å²) >= 11 is 0. The number of hydrogen-bond acceptors (Lipinski definition) is 4. The summed E-state index contributed by atoms with van der Waals surface area (Å²) in [6, 6.07) is 17.3. The largest absolute Gasteiger partial charge is 0.326 e. The normalized spacial score (nSPS) is 19.1. The molecule has 0 saturated heterocycles. The molecule has 28 heavy (non-hydrogen) atoms. The van der Waals surface area contributed by atoms with Crippen molar-refractivity contribution >= 4 is 15.7 Å². The molecule has 3 rings (SSSR count). The van der Waals surface area contributed by atoms with E-state index < -0.39 is 10.0 Å². The molecule has 1 heterocycles. The van der Waals surface area contributed by atoms with E-state index >= 15 is 0 Å². The lowest BCUT2D eigenvalue weighted by Gasteiger charge is -2.34. The summed E-state index contributed by atoms with van der Waals surface area (Å²) in [4.78, 5) is 0. The van der Waals surface area contributed by atoms with Gasteiger partial charge in [0.05, 0.1) is 17.4 Å². The first kappa shape index (κ1) is 20.0. The van der Waals surface area contributed by atoms with E-state index in [0.29, 0.717) is 30.8 Å². The Hall–Kier alpha value is -2.72. The molecule has 144 valence electrons. The Bertz CT molecular complexity index is 1060. The van der Waals surface area contributed by atoms with Gasteiger partial charge in [0.2, 0.25) is 0 Å². The van der Waals surface area contributed by atoms with Crippen LogP contribution in [0.15, 0.2) is 72.5 Å². The van der Waals surface area contributed by atoms with Crippen LogP contribution in [0.4, 0.5) is 5.69 Å². The summed E-state index contributed by atoms with van der Waals surface area (Å²) in [5, 5.41) is 8.94. The van der Waals surface area contributed by atoms with Gasteiger partial charge in [-0.3, -0.25) is 0 Å². The zero-order valence-corrected chi connectivity index (χ0v) is 16.7. The highest BCUT2D eigenvalue weighted by molar-refractivity contribution is 7.91. The van der Waals surface area contributed by atoms with Crippen molar-refractivity contribution in [2.24, 2.45) is 5.73 Å². The molecule has 0 spiro atoms. The number of nitriles is 1. The van der Waals surface area contributed by atoms with Crippen molar-refractivity contribution in [1.82, 2.24) is 3.89 Å². The quantitative estimate of drug-likeness (QED) is 0.763. The molecule has 2 aromatic rings. The molecule has 0 amide bonds. The van der Waals surface area contributed by atoms with Gasteiger partial charge in [0.25, 0.3) is 0 Å². The molecule has 0 aromatic heterocycles. The fourth-order valence-electron chi connectivity index (χ4n) is 3.44. The Kier molecular flexibility index (Phi) is 5.80. The number of nitrogens with zero attached hydrogens (tertiary/aromatic N) is 2. The molecule has 0 saturated carbocycles. The van der Waals surface area contributed by atoms with E-state index in [2.05, 4.69) is 6.07 Å². The highest BCUT2D eigenvalue weighted by atomic mass is 32.2. The van der Waals surface area contributed by atoms with Crippen molar-refractivity contribution in [2.75, 3.05) is 18.8 Å². The van der Waals surface area contributed by atoms with Gasteiger partial charge in [-0.05, 0) is 42.7 Å². The van der Waals surface area contributed by atoms with Crippen LogP contribution < -0.4 is 9.62 Å². The van der Waals surface area contributed by atoms with E-state index in [-0.39, 0.29) is 9.64 Å². The average molecular weight is 395 g/mol. The van der Waals surface area contributed by atoms with Gasteiger partial charge in [0.1, 0.15) is 12.7 Å². The van der Waals surface area contributed by atoms with Gasteiger partial charge < -0.3 is 5.73 Å². The van der Waals surface area contributed by atoms with Crippen molar-refractivity contribution in [3.63, 3.8) is 0 Å². The Morgan fingerprint density at radius 1 is 1.14 bits per heavy atom. The molecule has 0 aliphatic carbocycles. The highest BCUT2D eigenvalue weighted by Gasteiger charge is 2.42. The first-order valence-electron chi connectivity index (χ1n) is 9.21. The van der Waals surface area contributed by atoms with E-state index in [1.54, 1.807) is 25.3 Å². The Morgan fingerprint density at radius 2 is 1.89 bits per heavy atom. The molecule has 2 aromatic carbocycles. The summed E-state index contributed by atoms with van der Waals surface area (Å²) in [7, 11) is -3.46. The number of sulfonamides is 1. The number of benzene rings is 2. The first-order chi connectivity index (χ1) is 13.4. The molecule has 1 atom stereocenters. The van der Waals surface area contributed by atoms with Crippen LogP contribution in [0.3, 0.4) is 0 Å². The summed E-state index contributed by atoms with van der Waals surface area (Å²) in [6.45, 7) is 2.31. The third-order valence-corrected chi connectivity index (χ3v) is 7.21. The molecule has 0 fully saturated rings. The van der Waals surface area contributed by atoms with Crippen LogP contribution in [0.2, 0.25) is 0 Å². The monoisotopic (exact) mass is 394 g/mol. The zero-order valence-electron chi connectivity index (χ0n) is 15.9. The standard InChI is InChI=1S/C22H24N3O2S/c1-2-28(26,27)25(12-4-6-21(16-24)17-25)22-7-3-5-20(14-22)13-18-8-10-19(15-23)11-9-18/h3-11,14,17H,2,12-13,16,24H2,1H3/q+1. The number of nitrogens with two attached hydrogens (primary N) is 1. The molecule has 1 aliphatic heterocycles. The van der Waals surface area contributed by atoms with Crippen molar-refractivity contribution in [3.8, 4) is 6.07 Å². The van der Waals surface area contributed by atoms with Gasteiger partial charge in [-0.1, -0.05) is 30.3 Å². The van der Waals surface area contributed by atoms with Gasteiger partial charge >= 0.3 is 10.0 Å². The van der Waals surface area contributed by atoms with Crippen LogP contribution in [0, 0.1) is 11.3 Å². The van der Waals surface area contributed by atoms with Crippen molar-refractivity contribution < 1.29 is 8.42 Å². The van der Waals surface area contributed by atoms with Gasteiger partial charge in [0.15, 0.2) is 5.69 Å². The summed E-state index contributed by atoms with van der Waals surface area (Å²) in [5.41, 5.74) is 10.0. The van der Waals surface area contributed by atoms with E-state index in [1.807, 2.05) is 48.6 Å². The second kappa shape index (κ2) is 8.11. The maximum Gasteiger partial charge on any atom is 0.306 e. The second-order valence-electron chi connectivity index (χ2n) is 6.81. The molecular formula is C22H24N3O2S+. The lowest BCUT2D eigenvalue weighted by molar-refractivity contribution is 0.511. The topological polar surface area (TPSA) is 84.0 Å². The molecule has 2 N–H and O–H groups in total. The molecule has 5 nitrogen and oxygen atoms in total. The van der Waals surface area contributed by atoms with Crippen LogP contribution >= 0.6 is 0 Å². The van der Waals surface area contributed by atoms with Gasteiger partial charge in [-0.25, -0.2) is 0 Å². The zero-order chi connectivity index (χ0) is 20.2. The number of quaternary nitrogens is 1. The van der Waals surface area contributed by atoms with Gasteiger partial charge in [0, 0.05) is 24.3 Å². The SMILES string of the molecule is CCS(=O)(=O)[N+]1(c2cccc(Cc3ccc(C#N)cc3)c2)C=C(CN)C=CC1. The molecule has 6 heteroatoms. The smallest absolute Gasteiger partial charge is 0.306 e. The minimum atomic E-state index is -3.46. The molecule has 1 aliphatic rings. The van der Waals surface area contributed by atoms with Gasteiger partial charge in [-0.2, -0.15) is 17.6 Å². The van der Waals surface area contributed by atoms with E-state index in [4.69, 9.17) is 11.0 Å². The average Bonchev–Trinajstić information content (AvgIpc) is 2.74. The predicted molar refractivity (Wildman–Crippen MR) is 113 cm³/mol. The third-order valence-electron chi connectivity index (χ3n) is 5.02. The lowest BCUT2D eigenvalue weighted by Crippen LogP contribution is -2.51. The van der Waals surface area contributed by atoms with Crippen LogP contribution in [-0.4, -0.2) is 27.3 Å². The Balaban J connectivity index is 2.03. The Morgan fingerprint density at radius 3 is 2.54 bits per heavy atom. The van der Waals surface area contributed by atoms with Crippen molar-refractivity contribution in [2.45, 2.75) is 13.3 Å². The lowest BCUT2D eigenvalue weighted by atomic mass is 10.0. The van der Waals surface area contributed by atoms with Crippen LogP contribution in [-0.2, 0) is 16.4 Å². The first-order valence-corrected chi connectivity index (χ1v) is 10.8. The molecule has 0 bridgehead atoms. The maximum atomic E-state index is 13.1. The maximum absolute atomic E-state index is 13.1. The Labute approximate surface area is 166 Å². The molecule has 0 radical (unpaired) electrons. The number of rotatable bonds is 6. The molecular weight excluding hydrogens is 370 g/mol. The highest BCUT2D eigenvalue weighted by Crippen LogP contribution is 2.33.